The Morgan fingerprint density at radius 1 is 1.18 bits per heavy atom. The molecule has 7 nitrogen and oxygen atoms in total. The first-order valence-electron chi connectivity index (χ1n) is 10.8. The standard InChI is InChI=1S/C25H25BrN4O3/c1-4-32-24(31)19-7-6-8-20-22(19)30(25(28-20)33-5-2)14-16-9-11-17(12-10-16)21-18(13-27)15-29(3)23(21)26/h6-12,15,25,28H,4-5,14H2,1-3H3. The molecule has 1 aromatic heterocycles. The molecule has 0 spiro atoms. The van der Waals surface area contributed by atoms with Crippen molar-refractivity contribution in [2.75, 3.05) is 23.4 Å². The number of anilines is 2. The van der Waals surface area contributed by atoms with Crippen LogP contribution < -0.4 is 10.2 Å². The zero-order valence-electron chi connectivity index (χ0n) is 18.8. The number of rotatable bonds is 7. The van der Waals surface area contributed by atoms with Crippen LogP contribution in [-0.4, -0.2) is 30.1 Å². The Morgan fingerprint density at radius 3 is 2.61 bits per heavy atom. The lowest BCUT2D eigenvalue weighted by molar-refractivity contribution is 0.0525. The van der Waals surface area contributed by atoms with Crippen LogP contribution in [0.3, 0.4) is 0 Å². The summed E-state index contributed by atoms with van der Waals surface area (Å²) in [5.74, 6) is -0.355. The van der Waals surface area contributed by atoms with Crippen LogP contribution in [0.25, 0.3) is 11.1 Å². The molecule has 0 radical (unpaired) electrons. The highest BCUT2D eigenvalue weighted by Crippen LogP contribution is 2.40. The normalized spacial score (nSPS) is 14.5. The number of carbonyl (C=O) groups excluding carboxylic acids is 1. The van der Waals surface area contributed by atoms with Gasteiger partial charge in [0.15, 0.2) is 0 Å². The van der Waals surface area contributed by atoms with Gasteiger partial charge in [-0.2, -0.15) is 5.26 Å². The highest BCUT2D eigenvalue weighted by molar-refractivity contribution is 9.10. The lowest BCUT2D eigenvalue weighted by atomic mass is 10.0. The summed E-state index contributed by atoms with van der Waals surface area (Å²) in [4.78, 5) is 14.7. The van der Waals surface area contributed by atoms with Crippen LogP contribution in [0.2, 0.25) is 0 Å². The molecule has 2 aromatic carbocycles. The number of aryl methyl sites for hydroxylation is 1. The van der Waals surface area contributed by atoms with Crippen LogP contribution in [-0.2, 0) is 23.1 Å². The molecule has 0 saturated heterocycles. The summed E-state index contributed by atoms with van der Waals surface area (Å²) in [6.07, 6.45) is 1.41. The van der Waals surface area contributed by atoms with E-state index in [-0.39, 0.29) is 5.97 Å². The highest BCUT2D eigenvalue weighted by atomic mass is 79.9. The van der Waals surface area contributed by atoms with Gasteiger partial charge in [-0.15, -0.1) is 0 Å². The Morgan fingerprint density at radius 2 is 1.94 bits per heavy atom. The molecular formula is C25H25BrN4O3. The topological polar surface area (TPSA) is 79.5 Å². The first-order valence-corrected chi connectivity index (χ1v) is 11.6. The molecule has 3 aromatic rings. The van der Waals surface area contributed by atoms with E-state index in [1.54, 1.807) is 13.0 Å². The number of hydrogen-bond acceptors (Lipinski definition) is 6. The second-order valence-electron chi connectivity index (χ2n) is 7.63. The maximum absolute atomic E-state index is 12.6. The van der Waals surface area contributed by atoms with E-state index in [1.807, 2.05) is 66.0 Å². The van der Waals surface area contributed by atoms with Gasteiger partial charge in [-0.05, 0) is 53.0 Å². The molecule has 170 valence electrons. The smallest absolute Gasteiger partial charge is 0.340 e. The predicted molar refractivity (Wildman–Crippen MR) is 131 cm³/mol. The van der Waals surface area contributed by atoms with Crippen LogP contribution in [0.1, 0.15) is 35.3 Å². The summed E-state index contributed by atoms with van der Waals surface area (Å²) in [5.41, 5.74) is 5.60. The monoisotopic (exact) mass is 508 g/mol. The van der Waals surface area contributed by atoms with Gasteiger partial charge in [0.2, 0.25) is 6.35 Å². The fourth-order valence-electron chi connectivity index (χ4n) is 4.06. The molecule has 0 amide bonds. The number of carbonyl (C=O) groups is 1. The predicted octanol–water partition coefficient (Wildman–Crippen LogP) is 5.26. The molecule has 0 saturated carbocycles. The summed E-state index contributed by atoms with van der Waals surface area (Å²) >= 11 is 3.58. The van der Waals surface area contributed by atoms with Gasteiger partial charge in [-0.1, -0.05) is 30.3 Å². The number of nitrogens with zero attached hydrogens (tertiary/aromatic N) is 3. The van der Waals surface area contributed by atoms with Gasteiger partial charge in [0.05, 0.1) is 33.7 Å². The third-order valence-corrected chi connectivity index (χ3v) is 6.49. The van der Waals surface area contributed by atoms with E-state index in [1.165, 1.54) is 0 Å². The Bertz CT molecular complexity index is 1210. The summed E-state index contributed by atoms with van der Waals surface area (Å²) in [6.45, 7) is 5.10. The van der Waals surface area contributed by atoms with E-state index >= 15 is 0 Å². The molecule has 4 rings (SSSR count). The number of benzene rings is 2. The zero-order chi connectivity index (χ0) is 23.5. The number of esters is 1. The van der Waals surface area contributed by atoms with Crippen molar-refractivity contribution in [2.24, 2.45) is 7.05 Å². The van der Waals surface area contributed by atoms with Crippen molar-refractivity contribution in [3.63, 3.8) is 0 Å². The van der Waals surface area contributed by atoms with Crippen LogP contribution >= 0.6 is 15.9 Å². The second-order valence-corrected chi connectivity index (χ2v) is 8.38. The SMILES string of the molecule is CCOC(=O)c1cccc2c1N(Cc1ccc(-c3c(C#N)cn(C)c3Br)cc1)C(OCC)N2. The third-order valence-electron chi connectivity index (χ3n) is 5.53. The Hall–Kier alpha value is -3.28. The minimum atomic E-state index is -0.395. The molecule has 0 bridgehead atoms. The lowest BCUT2D eigenvalue weighted by Gasteiger charge is -2.27. The maximum atomic E-state index is 12.6. The molecule has 2 heterocycles. The average Bonchev–Trinajstić information content (AvgIpc) is 3.31. The van der Waals surface area contributed by atoms with Gasteiger partial charge in [0.25, 0.3) is 0 Å². The fourth-order valence-corrected chi connectivity index (χ4v) is 4.60. The molecule has 1 unspecified atom stereocenters. The first kappa shape index (κ1) is 22.9. The number of ether oxygens (including phenoxy) is 2. The Kier molecular flexibility index (Phi) is 6.72. The average molecular weight is 509 g/mol. The van der Waals surface area contributed by atoms with Gasteiger partial charge in [-0.25, -0.2) is 4.79 Å². The van der Waals surface area contributed by atoms with Crippen molar-refractivity contribution in [2.45, 2.75) is 26.7 Å². The van der Waals surface area contributed by atoms with E-state index < -0.39 is 6.35 Å². The van der Waals surface area contributed by atoms with Crippen molar-refractivity contribution in [3.05, 3.63) is 70.0 Å². The van der Waals surface area contributed by atoms with Gasteiger partial charge < -0.3 is 24.3 Å². The third kappa shape index (κ3) is 4.34. The van der Waals surface area contributed by atoms with Gasteiger partial charge in [-0.3, -0.25) is 0 Å². The van der Waals surface area contributed by atoms with E-state index in [0.29, 0.717) is 30.9 Å². The van der Waals surface area contributed by atoms with Crippen LogP contribution in [0, 0.1) is 11.3 Å². The summed E-state index contributed by atoms with van der Waals surface area (Å²) in [7, 11) is 1.90. The van der Waals surface area contributed by atoms with Crippen molar-refractivity contribution in [1.82, 2.24) is 4.57 Å². The van der Waals surface area contributed by atoms with Crippen molar-refractivity contribution in [1.29, 1.82) is 5.26 Å². The molecule has 1 aliphatic rings. The van der Waals surface area contributed by atoms with E-state index in [2.05, 4.69) is 27.3 Å². The zero-order valence-corrected chi connectivity index (χ0v) is 20.3. The lowest BCUT2D eigenvalue weighted by Crippen LogP contribution is -2.38. The summed E-state index contributed by atoms with van der Waals surface area (Å²) in [5, 5.41) is 12.9. The minimum absolute atomic E-state index is 0.312. The molecule has 1 atom stereocenters. The minimum Gasteiger partial charge on any atom is -0.462 e. The number of halogens is 1. The second kappa shape index (κ2) is 9.69. The van der Waals surface area contributed by atoms with Gasteiger partial charge >= 0.3 is 5.97 Å². The number of para-hydroxylation sites is 1. The molecule has 33 heavy (non-hydrogen) atoms. The molecule has 0 aliphatic carbocycles. The molecule has 1 aliphatic heterocycles. The quantitative estimate of drug-likeness (QED) is 0.438. The van der Waals surface area contributed by atoms with Crippen molar-refractivity contribution in [3.8, 4) is 17.2 Å². The molecule has 0 fully saturated rings. The van der Waals surface area contributed by atoms with E-state index in [0.717, 1.165) is 32.7 Å². The van der Waals surface area contributed by atoms with Crippen molar-refractivity contribution < 1.29 is 14.3 Å². The molecule has 1 N–H and O–H groups in total. The number of aromatic nitrogens is 1. The Balaban J connectivity index is 1.66. The number of nitriles is 1. The van der Waals surface area contributed by atoms with Crippen LogP contribution in [0.5, 0.6) is 0 Å². The largest absolute Gasteiger partial charge is 0.462 e. The molecule has 8 heteroatoms. The van der Waals surface area contributed by atoms with E-state index in [9.17, 15) is 10.1 Å². The first-order chi connectivity index (χ1) is 16.0. The van der Waals surface area contributed by atoms with Gasteiger partial charge in [0, 0.05) is 32.0 Å². The number of nitrogens with one attached hydrogen (secondary N) is 1. The van der Waals surface area contributed by atoms with Crippen LogP contribution in [0.15, 0.2) is 53.3 Å². The Labute approximate surface area is 201 Å². The number of fused-ring (bicyclic) bond motifs is 1. The molecular weight excluding hydrogens is 484 g/mol. The van der Waals surface area contributed by atoms with Crippen LogP contribution in [0.4, 0.5) is 11.4 Å². The van der Waals surface area contributed by atoms with Gasteiger partial charge in [0.1, 0.15) is 6.07 Å². The maximum Gasteiger partial charge on any atom is 0.340 e. The van der Waals surface area contributed by atoms with E-state index in [4.69, 9.17) is 9.47 Å². The fraction of sp³-hybridized carbons (Fsp3) is 0.280. The van der Waals surface area contributed by atoms with Crippen molar-refractivity contribution >= 4 is 33.3 Å². The highest BCUT2D eigenvalue weighted by Gasteiger charge is 2.33. The summed E-state index contributed by atoms with van der Waals surface area (Å²) in [6, 6.07) is 15.9. The summed E-state index contributed by atoms with van der Waals surface area (Å²) < 4.78 is 14.0. The number of hydrogen-bond donors (Lipinski definition) is 1.